The normalized spacial score (nSPS) is 15.2. The molecule has 6 heteroatoms. The average molecular weight is 214 g/mol. The van der Waals surface area contributed by atoms with Crippen molar-refractivity contribution in [1.29, 1.82) is 0 Å². The van der Waals surface area contributed by atoms with Crippen molar-refractivity contribution in [3.63, 3.8) is 0 Å². The number of ether oxygens (including phenoxy) is 1. The quantitative estimate of drug-likeness (QED) is 0.666. The SMILES string of the molecule is COCC(O)CNC(C)c1nncn1C. The highest BCUT2D eigenvalue weighted by Crippen LogP contribution is 2.06. The van der Waals surface area contributed by atoms with Crippen molar-refractivity contribution in [1.82, 2.24) is 20.1 Å². The van der Waals surface area contributed by atoms with Gasteiger partial charge in [0.2, 0.25) is 0 Å². The van der Waals surface area contributed by atoms with Gasteiger partial charge < -0.3 is 19.7 Å². The van der Waals surface area contributed by atoms with E-state index < -0.39 is 6.10 Å². The average Bonchev–Trinajstić information content (AvgIpc) is 2.61. The number of rotatable bonds is 6. The second-order valence-electron chi connectivity index (χ2n) is 3.54. The lowest BCUT2D eigenvalue weighted by molar-refractivity contribution is 0.0628. The van der Waals surface area contributed by atoms with E-state index in [9.17, 15) is 5.11 Å². The molecule has 0 fully saturated rings. The molecule has 0 aromatic carbocycles. The highest BCUT2D eigenvalue weighted by atomic mass is 16.5. The first-order valence-electron chi connectivity index (χ1n) is 4.89. The standard InChI is InChI=1S/C9H18N4O2/c1-7(9-12-11-6-13(9)2)10-4-8(14)5-15-3/h6-8,10,14H,4-5H2,1-3H3. The van der Waals surface area contributed by atoms with Crippen molar-refractivity contribution in [2.45, 2.75) is 19.1 Å². The highest BCUT2D eigenvalue weighted by molar-refractivity contribution is 4.92. The van der Waals surface area contributed by atoms with E-state index in [2.05, 4.69) is 15.5 Å². The first-order valence-corrected chi connectivity index (χ1v) is 4.89. The molecule has 0 radical (unpaired) electrons. The molecule has 15 heavy (non-hydrogen) atoms. The van der Waals surface area contributed by atoms with Crippen LogP contribution in [0.3, 0.4) is 0 Å². The van der Waals surface area contributed by atoms with Crippen LogP contribution in [-0.2, 0) is 11.8 Å². The number of aliphatic hydroxyl groups excluding tert-OH is 1. The van der Waals surface area contributed by atoms with E-state index in [0.717, 1.165) is 5.82 Å². The monoisotopic (exact) mass is 214 g/mol. The molecule has 2 unspecified atom stereocenters. The van der Waals surface area contributed by atoms with Crippen LogP contribution in [0.1, 0.15) is 18.8 Å². The number of hydrogen-bond acceptors (Lipinski definition) is 5. The number of aromatic nitrogens is 3. The van der Waals surface area contributed by atoms with Gasteiger partial charge in [-0.25, -0.2) is 0 Å². The molecule has 0 spiro atoms. The summed E-state index contributed by atoms with van der Waals surface area (Å²) in [5.41, 5.74) is 0. The second kappa shape index (κ2) is 5.79. The zero-order chi connectivity index (χ0) is 11.3. The fraction of sp³-hybridized carbons (Fsp3) is 0.778. The fourth-order valence-corrected chi connectivity index (χ4v) is 1.34. The first kappa shape index (κ1) is 12.1. The Morgan fingerprint density at radius 1 is 1.67 bits per heavy atom. The van der Waals surface area contributed by atoms with Crippen LogP contribution < -0.4 is 5.32 Å². The van der Waals surface area contributed by atoms with Crippen molar-refractivity contribution < 1.29 is 9.84 Å². The zero-order valence-corrected chi connectivity index (χ0v) is 9.34. The smallest absolute Gasteiger partial charge is 0.149 e. The Kier molecular flexibility index (Phi) is 4.67. The van der Waals surface area contributed by atoms with Gasteiger partial charge in [0.25, 0.3) is 0 Å². The van der Waals surface area contributed by atoms with Crippen LogP contribution >= 0.6 is 0 Å². The molecule has 0 saturated heterocycles. The summed E-state index contributed by atoms with van der Waals surface area (Å²) in [6.07, 6.45) is 1.16. The molecule has 2 atom stereocenters. The summed E-state index contributed by atoms with van der Waals surface area (Å²) in [5.74, 6) is 0.847. The minimum absolute atomic E-state index is 0.0593. The molecule has 1 heterocycles. The van der Waals surface area contributed by atoms with Crippen molar-refractivity contribution in [3.05, 3.63) is 12.2 Å². The van der Waals surface area contributed by atoms with E-state index in [0.29, 0.717) is 13.2 Å². The van der Waals surface area contributed by atoms with Crippen molar-refractivity contribution in [2.24, 2.45) is 7.05 Å². The van der Waals surface area contributed by atoms with Gasteiger partial charge in [-0.3, -0.25) is 0 Å². The lowest BCUT2D eigenvalue weighted by Crippen LogP contribution is -2.32. The van der Waals surface area contributed by atoms with Gasteiger partial charge in [-0.2, -0.15) is 0 Å². The minimum Gasteiger partial charge on any atom is -0.389 e. The molecule has 86 valence electrons. The number of nitrogens with zero attached hydrogens (tertiary/aromatic N) is 3. The first-order chi connectivity index (χ1) is 7.15. The third-order valence-electron chi connectivity index (χ3n) is 2.15. The maximum absolute atomic E-state index is 9.43. The van der Waals surface area contributed by atoms with Crippen molar-refractivity contribution >= 4 is 0 Å². The second-order valence-corrected chi connectivity index (χ2v) is 3.54. The predicted molar refractivity (Wildman–Crippen MR) is 55.3 cm³/mol. The van der Waals surface area contributed by atoms with Gasteiger partial charge in [-0.05, 0) is 6.92 Å². The largest absolute Gasteiger partial charge is 0.389 e. The molecule has 0 aliphatic rings. The predicted octanol–water partition coefficient (Wildman–Crippen LogP) is -0.527. The van der Waals surface area contributed by atoms with Gasteiger partial charge in [-0.15, -0.1) is 10.2 Å². The third-order valence-corrected chi connectivity index (χ3v) is 2.15. The van der Waals surface area contributed by atoms with Gasteiger partial charge in [-0.1, -0.05) is 0 Å². The van der Waals surface area contributed by atoms with Crippen LogP contribution in [0.2, 0.25) is 0 Å². The number of methoxy groups -OCH3 is 1. The van der Waals surface area contributed by atoms with E-state index in [4.69, 9.17) is 4.74 Å². The van der Waals surface area contributed by atoms with Crippen molar-refractivity contribution in [3.8, 4) is 0 Å². The lowest BCUT2D eigenvalue weighted by atomic mass is 10.3. The van der Waals surface area contributed by atoms with E-state index >= 15 is 0 Å². The summed E-state index contributed by atoms with van der Waals surface area (Å²) in [5, 5.41) is 20.4. The van der Waals surface area contributed by atoms with Crippen LogP contribution in [0.5, 0.6) is 0 Å². The van der Waals surface area contributed by atoms with E-state index in [-0.39, 0.29) is 6.04 Å². The number of hydrogen-bond donors (Lipinski definition) is 2. The summed E-state index contributed by atoms with van der Waals surface area (Å²) in [4.78, 5) is 0. The molecule has 0 bridgehead atoms. The molecule has 1 rings (SSSR count). The molecule has 1 aromatic rings. The van der Waals surface area contributed by atoms with Crippen molar-refractivity contribution in [2.75, 3.05) is 20.3 Å². The molecule has 1 aromatic heterocycles. The summed E-state index contributed by atoms with van der Waals surface area (Å²) in [7, 11) is 3.45. The summed E-state index contributed by atoms with van der Waals surface area (Å²) in [6.45, 7) is 2.78. The van der Waals surface area contributed by atoms with Crippen LogP contribution in [0.15, 0.2) is 6.33 Å². The van der Waals surface area contributed by atoms with Gasteiger partial charge in [0.05, 0.1) is 18.8 Å². The van der Waals surface area contributed by atoms with Crippen LogP contribution in [-0.4, -0.2) is 46.2 Å². The molecule has 6 nitrogen and oxygen atoms in total. The third kappa shape index (κ3) is 3.58. The van der Waals surface area contributed by atoms with Crippen LogP contribution in [0, 0.1) is 0 Å². The molecular weight excluding hydrogens is 196 g/mol. The molecule has 0 amide bonds. The summed E-state index contributed by atoms with van der Waals surface area (Å²) < 4.78 is 6.67. The number of nitrogens with one attached hydrogen (secondary N) is 1. The highest BCUT2D eigenvalue weighted by Gasteiger charge is 2.12. The molecule has 0 saturated carbocycles. The number of aryl methyl sites for hydroxylation is 1. The minimum atomic E-state index is -0.495. The maximum atomic E-state index is 9.43. The Bertz CT molecular complexity index is 289. The van der Waals surface area contributed by atoms with E-state index in [1.54, 1.807) is 13.4 Å². The van der Waals surface area contributed by atoms with E-state index in [1.807, 2.05) is 18.5 Å². The topological polar surface area (TPSA) is 72.2 Å². The van der Waals surface area contributed by atoms with Crippen LogP contribution in [0.4, 0.5) is 0 Å². The Morgan fingerprint density at radius 2 is 2.40 bits per heavy atom. The molecule has 2 N–H and O–H groups in total. The maximum Gasteiger partial charge on any atom is 0.149 e. The summed E-state index contributed by atoms with van der Waals surface area (Å²) in [6, 6.07) is 0.0593. The van der Waals surface area contributed by atoms with Gasteiger partial charge >= 0.3 is 0 Å². The number of aliphatic hydroxyl groups is 1. The Labute approximate surface area is 89.3 Å². The molecular formula is C9H18N4O2. The van der Waals surface area contributed by atoms with Gasteiger partial charge in [0.1, 0.15) is 12.2 Å². The Morgan fingerprint density at radius 3 is 2.93 bits per heavy atom. The molecule has 0 aliphatic heterocycles. The Hall–Kier alpha value is -0.980. The fourth-order valence-electron chi connectivity index (χ4n) is 1.34. The summed E-state index contributed by atoms with van der Waals surface area (Å²) >= 11 is 0. The zero-order valence-electron chi connectivity index (χ0n) is 9.34. The van der Waals surface area contributed by atoms with Gasteiger partial charge in [0, 0.05) is 20.7 Å². The molecule has 0 aliphatic carbocycles. The van der Waals surface area contributed by atoms with E-state index in [1.165, 1.54) is 0 Å². The Balaban J connectivity index is 2.36. The van der Waals surface area contributed by atoms with Gasteiger partial charge in [0.15, 0.2) is 0 Å². The van der Waals surface area contributed by atoms with Crippen LogP contribution in [0.25, 0.3) is 0 Å². The lowest BCUT2D eigenvalue weighted by Gasteiger charge is -2.15.